The van der Waals surface area contributed by atoms with Crippen LogP contribution in [0.15, 0.2) is 24.3 Å². The Morgan fingerprint density at radius 2 is 1.82 bits per heavy atom. The molecule has 0 saturated carbocycles. The lowest BCUT2D eigenvalue weighted by Crippen LogP contribution is -1.88. The maximum Gasteiger partial charge on any atom is -0.0245 e. The van der Waals surface area contributed by atoms with E-state index >= 15 is 0 Å². The van der Waals surface area contributed by atoms with Gasteiger partial charge in [-0.05, 0) is 43.2 Å². The number of hydrogen-bond donors (Lipinski definition) is 0. The summed E-state index contributed by atoms with van der Waals surface area (Å²) in [5.41, 5.74) is 3.09. The molecule has 0 fully saturated rings. The molecule has 11 heavy (non-hydrogen) atoms. The maximum atomic E-state index is 2.39. The quantitative estimate of drug-likeness (QED) is 0.492. The van der Waals surface area contributed by atoms with Crippen LogP contribution in [0.3, 0.4) is 0 Å². The maximum absolute atomic E-state index is 2.39. The molecule has 0 aliphatic heterocycles. The van der Waals surface area contributed by atoms with Gasteiger partial charge in [0.2, 0.25) is 0 Å². The van der Waals surface area contributed by atoms with Crippen molar-refractivity contribution >= 4 is 0 Å². The van der Waals surface area contributed by atoms with E-state index in [0.29, 0.717) is 0 Å². The standard InChI is InChI=1S/C11H13/c1-2-6-10-8-4-5-9-11(10)7-3-1/h2,4-5,8-9H,1,3,6-7H2. The van der Waals surface area contributed by atoms with Crippen molar-refractivity contribution in [2.24, 2.45) is 0 Å². The number of fused-ring (bicyclic) bond motifs is 1. The summed E-state index contributed by atoms with van der Waals surface area (Å²) in [6.07, 6.45) is 7.46. The monoisotopic (exact) mass is 145 g/mol. The highest BCUT2D eigenvalue weighted by Crippen LogP contribution is 2.18. The molecule has 1 aromatic carbocycles. The lowest BCUT2D eigenvalue weighted by molar-refractivity contribution is 0.821. The summed E-state index contributed by atoms with van der Waals surface area (Å²) in [4.78, 5) is 0. The van der Waals surface area contributed by atoms with Crippen molar-refractivity contribution in [3.8, 4) is 0 Å². The van der Waals surface area contributed by atoms with Crippen molar-refractivity contribution in [3.05, 3.63) is 41.8 Å². The molecule has 1 aliphatic rings. The first-order chi connectivity index (χ1) is 5.47. The molecule has 0 nitrogen and oxygen atoms in total. The van der Waals surface area contributed by atoms with E-state index in [4.69, 9.17) is 0 Å². The highest BCUT2D eigenvalue weighted by Gasteiger charge is 2.05. The third-order valence-corrected chi connectivity index (χ3v) is 2.34. The van der Waals surface area contributed by atoms with E-state index in [2.05, 4.69) is 30.7 Å². The van der Waals surface area contributed by atoms with Gasteiger partial charge in [0, 0.05) is 0 Å². The zero-order chi connectivity index (χ0) is 7.52. The highest BCUT2D eigenvalue weighted by atomic mass is 14.1. The van der Waals surface area contributed by atoms with Gasteiger partial charge >= 0.3 is 0 Å². The SMILES string of the molecule is [CH]1CCCc2ccccc2C1. The first-order valence-corrected chi connectivity index (χ1v) is 4.35. The van der Waals surface area contributed by atoms with Crippen LogP contribution >= 0.6 is 0 Å². The van der Waals surface area contributed by atoms with Gasteiger partial charge in [-0.3, -0.25) is 0 Å². The first kappa shape index (κ1) is 6.90. The molecule has 0 saturated heterocycles. The largest absolute Gasteiger partial charge is 0.0620 e. The van der Waals surface area contributed by atoms with Crippen molar-refractivity contribution in [2.45, 2.75) is 25.7 Å². The third-order valence-electron chi connectivity index (χ3n) is 2.34. The van der Waals surface area contributed by atoms with Crippen LogP contribution in [-0.2, 0) is 12.8 Å². The molecule has 0 N–H and O–H groups in total. The van der Waals surface area contributed by atoms with Crippen LogP contribution in [0.5, 0.6) is 0 Å². The first-order valence-electron chi connectivity index (χ1n) is 4.35. The van der Waals surface area contributed by atoms with Gasteiger partial charge < -0.3 is 0 Å². The molecule has 0 heteroatoms. The number of aryl methyl sites for hydroxylation is 1. The zero-order valence-electron chi connectivity index (χ0n) is 6.72. The Labute approximate surface area is 68.3 Å². The average Bonchev–Trinajstić information content (AvgIpc) is 2.28. The van der Waals surface area contributed by atoms with E-state index in [1.165, 1.54) is 31.2 Å². The van der Waals surface area contributed by atoms with Crippen LogP contribution in [0, 0.1) is 6.42 Å². The van der Waals surface area contributed by atoms with Crippen LogP contribution in [-0.4, -0.2) is 0 Å². The molecular formula is C11H13. The van der Waals surface area contributed by atoms with Gasteiger partial charge in [0.1, 0.15) is 0 Å². The Hall–Kier alpha value is -0.780. The minimum Gasteiger partial charge on any atom is -0.0620 e. The number of rotatable bonds is 0. The molecule has 0 heterocycles. The normalized spacial score (nSPS) is 17.1. The summed E-state index contributed by atoms with van der Waals surface area (Å²) in [5, 5.41) is 0. The Kier molecular flexibility index (Phi) is 1.93. The predicted octanol–water partition coefficient (Wildman–Crippen LogP) is 2.77. The fourth-order valence-electron chi connectivity index (χ4n) is 1.69. The molecule has 0 atom stereocenters. The van der Waals surface area contributed by atoms with Crippen LogP contribution in [0.4, 0.5) is 0 Å². The molecule has 0 amide bonds. The number of hydrogen-bond acceptors (Lipinski definition) is 0. The van der Waals surface area contributed by atoms with E-state index < -0.39 is 0 Å². The molecule has 1 aromatic rings. The topological polar surface area (TPSA) is 0 Å². The van der Waals surface area contributed by atoms with Gasteiger partial charge in [0.25, 0.3) is 0 Å². The molecule has 0 unspecified atom stereocenters. The van der Waals surface area contributed by atoms with Crippen molar-refractivity contribution in [1.82, 2.24) is 0 Å². The second-order valence-corrected chi connectivity index (χ2v) is 3.15. The van der Waals surface area contributed by atoms with E-state index in [1.807, 2.05) is 0 Å². The molecule has 1 aliphatic carbocycles. The fourth-order valence-corrected chi connectivity index (χ4v) is 1.69. The Bertz CT molecular complexity index is 213. The zero-order valence-corrected chi connectivity index (χ0v) is 6.72. The van der Waals surface area contributed by atoms with E-state index in [9.17, 15) is 0 Å². The minimum absolute atomic E-state index is 1.18. The lowest BCUT2D eigenvalue weighted by Gasteiger charge is -2.02. The van der Waals surface area contributed by atoms with Crippen molar-refractivity contribution in [2.75, 3.05) is 0 Å². The Balaban J connectivity index is 2.33. The summed E-state index contributed by atoms with van der Waals surface area (Å²) in [6, 6.07) is 8.79. The predicted molar refractivity (Wildman–Crippen MR) is 47.4 cm³/mol. The van der Waals surface area contributed by atoms with Crippen LogP contribution in [0.2, 0.25) is 0 Å². The lowest BCUT2D eigenvalue weighted by atomic mass is 10.0. The molecule has 0 aromatic heterocycles. The summed E-state index contributed by atoms with van der Waals surface area (Å²) < 4.78 is 0. The number of benzene rings is 1. The van der Waals surface area contributed by atoms with E-state index in [0.717, 1.165) is 0 Å². The van der Waals surface area contributed by atoms with E-state index in [1.54, 1.807) is 5.56 Å². The van der Waals surface area contributed by atoms with Crippen molar-refractivity contribution in [1.29, 1.82) is 0 Å². The molecule has 2 rings (SSSR count). The Morgan fingerprint density at radius 3 is 2.73 bits per heavy atom. The minimum atomic E-state index is 1.18. The van der Waals surface area contributed by atoms with Crippen molar-refractivity contribution in [3.63, 3.8) is 0 Å². The second kappa shape index (κ2) is 3.08. The molecule has 1 radical (unpaired) electrons. The van der Waals surface area contributed by atoms with Gasteiger partial charge in [-0.1, -0.05) is 24.3 Å². The summed E-state index contributed by atoms with van der Waals surface area (Å²) in [5.74, 6) is 0. The summed E-state index contributed by atoms with van der Waals surface area (Å²) in [6.45, 7) is 0. The highest BCUT2D eigenvalue weighted by molar-refractivity contribution is 5.29. The average molecular weight is 145 g/mol. The third kappa shape index (κ3) is 1.45. The van der Waals surface area contributed by atoms with Gasteiger partial charge in [0.15, 0.2) is 0 Å². The molecular weight excluding hydrogens is 132 g/mol. The molecule has 57 valence electrons. The summed E-state index contributed by atoms with van der Waals surface area (Å²) >= 11 is 0. The van der Waals surface area contributed by atoms with Crippen LogP contribution in [0.25, 0.3) is 0 Å². The van der Waals surface area contributed by atoms with Gasteiger partial charge in [-0.15, -0.1) is 0 Å². The van der Waals surface area contributed by atoms with Gasteiger partial charge in [-0.25, -0.2) is 0 Å². The molecule has 0 spiro atoms. The fraction of sp³-hybridized carbons (Fsp3) is 0.364. The Morgan fingerprint density at radius 1 is 1.00 bits per heavy atom. The van der Waals surface area contributed by atoms with Crippen LogP contribution in [0.1, 0.15) is 24.0 Å². The van der Waals surface area contributed by atoms with Crippen LogP contribution < -0.4 is 0 Å². The van der Waals surface area contributed by atoms with Crippen molar-refractivity contribution < 1.29 is 0 Å². The second-order valence-electron chi connectivity index (χ2n) is 3.15. The van der Waals surface area contributed by atoms with Gasteiger partial charge in [-0.2, -0.15) is 0 Å². The van der Waals surface area contributed by atoms with Gasteiger partial charge in [0.05, 0.1) is 0 Å². The molecule has 0 bridgehead atoms. The smallest absolute Gasteiger partial charge is 0.0245 e. The van der Waals surface area contributed by atoms with E-state index in [-0.39, 0.29) is 0 Å². The summed E-state index contributed by atoms with van der Waals surface area (Å²) in [7, 11) is 0.